The van der Waals surface area contributed by atoms with Crippen LogP contribution in [0, 0.1) is 5.92 Å². The Hall–Kier alpha value is -2.29. The number of amidine groups is 1. The molecule has 1 N–H and O–H groups in total. The Morgan fingerprint density at radius 3 is 2.43 bits per heavy atom. The van der Waals surface area contributed by atoms with E-state index in [1.54, 1.807) is 0 Å². The first kappa shape index (κ1) is 13.7. The molecule has 0 aromatic heterocycles. The summed E-state index contributed by atoms with van der Waals surface area (Å²) in [5, 5.41) is 3.35. The molecular weight excluding hydrogens is 260 g/mol. The molecule has 1 atom stereocenters. The van der Waals surface area contributed by atoms with Crippen molar-refractivity contribution in [2.75, 3.05) is 13.1 Å². The number of hydrogen-bond acceptors (Lipinski definition) is 3. The third-order valence-electron chi connectivity index (χ3n) is 3.61. The van der Waals surface area contributed by atoms with Crippen LogP contribution in [-0.4, -0.2) is 18.9 Å². The summed E-state index contributed by atoms with van der Waals surface area (Å²) >= 11 is 0. The van der Waals surface area contributed by atoms with Crippen LogP contribution in [0.5, 0.6) is 11.5 Å². The molecule has 108 valence electrons. The average Bonchev–Trinajstić information content (AvgIpc) is 3.05. The zero-order valence-electron chi connectivity index (χ0n) is 12.3. The largest absolute Gasteiger partial charge is 0.457 e. The van der Waals surface area contributed by atoms with Gasteiger partial charge in [-0.05, 0) is 36.2 Å². The predicted octanol–water partition coefficient (Wildman–Crippen LogP) is 3.66. The summed E-state index contributed by atoms with van der Waals surface area (Å²) in [4.78, 5) is 4.49. The fourth-order valence-electron chi connectivity index (χ4n) is 2.51. The lowest BCUT2D eigenvalue weighted by molar-refractivity contribution is 0.482. The molecule has 0 amide bonds. The number of aliphatic imine (C=N–C) groups is 1. The third-order valence-corrected chi connectivity index (χ3v) is 3.61. The Kier molecular flexibility index (Phi) is 4.20. The second-order valence-corrected chi connectivity index (χ2v) is 5.36. The molecule has 0 saturated heterocycles. The van der Waals surface area contributed by atoms with Crippen molar-refractivity contribution < 1.29 is 4.74 Å². The lowest BCUT2D eigenvalue weighted by Gasteiger charge is -2.12. The molecule has 3 nitrogen and oxygen atoms in total. The van der Waals surface area contributed by atoms with Gasteiger partial charge in [0.05, 0.1) is 12.4 Å². The molecule has 1 aliphatic heterocycles. The fraction of sp³-hybridized carbons (Fsp3) is 0.278. The minimum atomic E-state index is 0.438. The third kappa shape index (κ3) is 3.63. The Labute approximate surface area is 125 Å². The van der Waals surface area contributed by atoms with Crippen molar-refractivity contribution in [2.45, 2.75) is 13.3 Å². The van der Waals surface area contributed by atoms with Gasteiger partial charge in [-0.1, -0.05) is 37.3 Å². The smallest absolute Gasteiger partial charge is 0.127 e. The topological polar surface area (TPSA) is 33.6 Å². The van der Waals surface area contributed by atoms with E-state index in [0.29, 0.717) is 5.92 Å². The van der Waals surface area contributed by atoms with Crippen LogP contribution in [-0.2, 0) is 6.42 Å². The van der Waals surface area contributed by atoms with E-state index in [9.17, 15) is 0 Å². The summed E-state index contributed by atoms with van der Waals surface area (Å²) in [5.74, 6) is 3.31. The molecule has 0 spiro atoms. The highest BCUT2D eigenvalue weighted by Gasteiger charge is 2.14. The normalized spacial score (nSPS) is 15.2. The second kappa shape index (κ2) is 6.44. The minimum absolute atomic E-state index is 0.438. The summed E-state index contributed by atoms with van der Waals surface area (Å²) in [5.41, 5.74) is 1.30. The van der Waals surface area contributed by atoms with Gasteiger partial charge in [0.15, 0.2) is 0 Å². The minimum Gasteiger partial charge on any atom is -0.457 e. The first-order valence-electron chi connectivity index (χ1n) is 7.41. The maximum absolute atomic E-state index is 5.80. The van der Waals surface area contributed by atoms with Crippen molar-refractivity contribution in [1.29, 1.82) is 0 Å². The number of para-hydroxylation sites is 1. The van der Waals surface area contributed by atoms with Crippen molar-refractivity contribution in [3.8, 4) is 11.5 Å². The Bertz CT molecular complexity index is 605. The Morgan fingerprint density at radius 1 is 1.05 bits per heavy atom. The van der Waals surface area contributed by atoms with Crippen LogP contribution in [0.1, 0.15) is 12.5 Å². The molecule has 3 rings (SSSR count). The van der Waals surface area contributed by atoms with Crippen molar-refractivity contribution in [3.05, 3.63) is 60.2 Å². The lowest BCUT2D eigenvalue weighted by Crippen LogP contribution is -2.26. The number of nitrogens with one attached hydrogen (secondary N) is 1. The monoisotopic (exact) mass is 280 g/mol. The highest BCUT2D eigenvalue weighted by atomic mass is 16.5. The molecule has 0 saturated carbocycles. The van der Waals surface area contributed by atoms with Gasteiger partial charge in [0.1, 0.15) is 11.5 Å². The fourth-order valence-corrected chi connectivity index (χ4v) is 2.51. The molecule has 3 heteroatoms. The summed E-state index contributed by atoms with van der Waals surface area (Å²) in [6.45, 7) is 4.10. The van der Waals surface area contributed by atoms with E-state index in [1.807, 2.05) is 42.5 Å². The van der Waals surface area contributed by atoms with Crippen LogP contribution in [0.25, 0.3) is 0 Å². The van der Waals surface area contributed by atoms with Gasteiger partial charge in [-0.2, -0.15) is 0 Å². The molecule has 0 aliphatic carbocycles. The average molecular weight is 280 g/mol. The van der Waals surface area contributed by atoms with Crippen molar-refractivity contribution >= 4 is 5.84 Å². The zero-order chi connectivity index (χ0) is 14.5. The second-order valence-electron chi connectivity index (χ2n) is 5.36. The summed E-state index contributed by atoms with van der Waals surface area (Å²) in [7, 11) is 0. The number of rotatable bonds is 5. The molecule has 0 bridgehead atoms. The molecule has 1 heterocycles. The first-order chi connectivity index (χ1) is 10.3. The van der Waals surface area contributed by atoms with Gasteiger partial charge in [0.25, 0.3) is 0 Å². The van der Waals surface area contributed by atoms with Crippen LogP contribution in [0.15, 0.2) is 59.6 Å². The number of benzene rings is 2. The molecule has 0 fully saturated rings. The highest BCUT2D eigenvalue weighted by Crippen LogP contribution is 2.22. The standard InChI is InChI=1S/C18H20N2O/c1-14(18-19-11-12-20-18)13-15-7-9-17(10-8-15)21-16-5-3-2-4-6-16/h2-10,14H,11-13H2,1H3,(H,19,20). The molecule has 2 aromatic rings. The zero-order valence-corrected chi connectivity index (χ0v) is 12.3. The van der Waals surface area contributed by atoms with Gasteiger partial charge in [-0.15, -0.1) is 0 Å². The molecule has 21 heavy (non-hydrogen) atoms. The van der Waals surface area contributed by atoms with Gasteiger partial charge < -0.3 is 10.1 Å². The Morgan fingerprint density at radius 2 is 1.76 bits per heavy atom. The van der Waals surface area contributed by atoms with Crippen LogP contribution in [0.2, 0.25) is 0 Å². The van der Waals surface area contributed by atoms with E-state index in [0.717, 1.165) is 36.8 Å². The summed E-state index contributed by atoms with van der Waals surface area (Å²) < 4.78 is 5.80. The lowest BCUT2D eigenvalue weighted by atomic mass is 10.00. The first-order valence-corrected chi connectivity index (χ1v) is 7.41. The molecule has 0 radical (unpaired) electrons. The number of nitrogens with zero attached hydrogens (tertiary/aromatic N) is 1. The van der Waals surface area contributed by atoms with E-state index in [-0.39, 0.29) is 0 Å². The van der Waals surface area contributed by atoms with E-state index < -0.39 is 0 Å². The SMILES string of the molecule is CC(Cc1ccc(Oc2ccccc2)cc1)C1=NCCN1. The van der Waals surface area contributed by atoms with Crippen LogP contribution in [0.3, 0.4) is 0 Å². The van der Waals surface area contributed by atoms with Crippen LogP contribution >= 0.6 is 0 Å². The quantitative estimate of drug-likeness (QED) is 0.906. The van der Waals surface area contributed by atoms with Crippen molar-refractivity contribution in [2.24, 2.45) is 10.9 Å². The molecule has 1 unspecified atom stereocenters. The molecule has 2 aromatic carbocycles. The van der Waals surface area contributed by atoms with Gasteiger partial charge in [-0.25, -0.2) is 0 Å². The molecule has 1 aliphatic rings. The maximum Gasteiger partial charge on any atom is 0.127 e. The van der Waals surface area contributed by atoms with E-state index in [2.05, 4.69) is 29.4 Å². The predicted molar refractivity (Wildman–Crippen MR) is 86.1 cm³/mol. The maximum atomic E-state index is 5.80. The summed E-state index contributed by atoms with van der Waals surface area (Å²) in [6, 6.07) is 18.2. The van der Waals surface area contributed by atoms with Crippen LogP contribution < -0.4 is 10.1 Å². The Balaban J connectivity index is 1.61. The van der Waals surface area contributed by atoms with E-state index in [4.69, 9.17) is 4.74 Å². The van der Waals surface area contributed by atoms with E-state index >= 15 is 0 Å². The van der Waals surface area contributed by atoms with E-state index in [1.165, 1.54) is 5.56 Å². The van der Waals surface area contributed by atoms with Gasteiger partial charge >= 0.3 is 0 Å². The number of hydrogen-bond donors (Lipinski definition) is 1. The van der Waals surface area contributed by atoms with Crippen LogP contribution in [0.4, 0.5) is 0 Å². The summed E-state index contributed by atoms with van der Waals surface area (Å²) in [6.07, 6.45) is 0.997. The molecular formula is C18H20N2O. The van der Waals surface area contributed by atoms with Crippen molar-refractivity contribution in [1.82, 2.24) is 5.32 Å². The van der Waals surface area contributed by atoms with Gasteiger partial charge in [-0.3, -0.25) is 4.99 Å². The van der Waals surface area contributed by atoms with Crippen molar-refractivity contribution in [3.63, 3.8) is 0 Å². The highest BCUT2D eigenvalue weighted by molar-refractivity contribution is 5.85. The number of ether oxygens (including phenoxy) is 1. The van der Waals surface area contributed by atoms with Gasteiger partial charge in [0, 0.05) is 12.5 Å². The van der Waals surface area contributed by atoms with Gasteiger partial charge in [0.2, 0.25) is 0 Å².